The molecule has 0 aliphatic heterocycles. The second-order valence-electron chi connectivity index (χ2n) is 3.73. The summed E-state index contributed by atoms with van der Waals surface area (Å²) in [7, 11) is -3.52. The number of hydrogen-bond acceptors (Lipinski definition) is 6. The molecular formula is C12H14N2O4S. The van der Waals surface area contributed by atoms with Crippen molar-refractivity contribution < 1.29 is 17.4 Å². The van der Waals surface area contributed by atoms with Crippen LogP contribution in [0.5, 0.6) is 5.75 Å². The normalized spacial score (nSPS) is 11.7. The van der Waals surface area contributed by atoms with Gasteiger partial charge in [-0.25, -0.2) is 0 Å². The summed E-state index contributed by atoms with van der Waals surface area (Å²) < 4.78 is 26.6. The molecule has 0 bridgehead atoms. The number of benzene rings is 1. The Morgan fingerprint density at radius 2 is 2.00 bits per heavy atom. The van der Waals surface area contributed by atoms with Gasteiger partial charge in [0.15, 0.2) is 0 Å². The minimum atomic E-state index is -3.52. The van der Waals surface area contributed by atoms with Crippen molar-refractivity contribution in [1.82, 2.24) is 0 Å². The average molecular weight is 282 g/mol. The Kier molecular flexibility index (Phi) is 5.33. The molecule has 0 amide bonds. The maximum atomic E-state index is 10.9. The first kappa shape index (κ1) is 15.0. The zero-order valence-corrected chi connectivity index (χ0v) is 11.5. The monoisotopic (exact) mass is 282 g/mol. The zero-order valence-electron chi connectivity index (χ0n) is 10.7. The Balaban J connectivity index is 2.68. The molecule has 7 heteroatoms. The van der Waals surface area contributed by atoms with E-state index in [4.69, 9.17) is 14.3 Å². The molecule has 0 aliphatic carbocycles. The molecule has 0 spiro atoms. The van der Waals surface area contributed by atoms with Gasteiger partial charge in [0.05, 0.1) is 24.5 Å². The lowest BCUT2D eigenvalue weighted by Crippen LogP contribution is -2.06. The summed E-state index contributed by atoms with van der Waals surface area (Å²) in [4.78, 5) is 4.94. The smallest absolute Gasteiger partial charge is 0.306 e. The molecule has 0 unspecified atom stereocenters. The molecule has 19 heavy (non-hydrogen) atoms. The first-order valence-electron chi connectivity index (χ1n) is 5.46. The van der Waals surface area contributed by atoms with E-state index < -0.39 is 10.1 Å². The molecule has 0 aromatic heterocycles. The highest BCUT2D eigenvalue weighted by Crippen LogP contribution is 2.14. The predicted molar refractivity (Wildman–Crippen MR) is 70.3 cm³/mol. The van der Waals surface area contributed by atoms with Gasteiger partial charge in [0.1, 0.15) is 12.4 Å². The van der Waals surface area contributed by atoms with Gasteiger partial charge in [-0.3, -0.25) is 0 Å². The van der Waals surface area contributed by atoms with Crippen LogP contribution in [0.2, 0.25) is 0 Å². The van der Waals surface area contributed by atoms with Crippen molar-refractivity contribution in [1.29, 1.82) is 5.26 Å². The molecule has 0 aliphatic rings. The third-order valence-corrected chi connectivity index (χ3v) is 2.52. The molecule has 0 saturated carbocycles. The van der Waals surface area contributed by atoms with E-state index >= 15 is 0 Å². The van der Waals surface area contributed by atoms with Crippen molar-refractivity contribution in [3.63, 3.8) is 0 Å². The second kappa shape index (κ2) is 6.75. The van der Waals surface area contributed by atoms with Crippen LogP contribution in [0, 0.1) is 11.3 Å². The summed E-state index contributed by atoms with van der Waals surface area (Å²) in [6.07, 6.45) is 1.26. The molecule has 0 fully saturated rings. The fraction of sp³-hybridized carbons (Fsp3) is 0.333. The number of hydrogen-bond donors (Lipinski definition) is 0. The van der Waals surface area contributed by atoms with E-state index in [0.29, 0.717) is 5.71 Å². The molecule has 0 radical (unpaired) electrons. The molecule has 1 aromatic carbocycles. The van der Waals surface area contributed by atoms with Gasteiger partial charge in [0.25, 0.3) is 0 Å². The van der Waals surface area contributed by atoms with E-state index in [-0.39, 0.29) is 18.8 Å². The van der Waals surface area contributed by atoms with Crippen LogP contribution in [-0.2, 0) is 15.0 Å². The molecule has 1 aromatic rings. The molecule has 0 atom stereocenters. The summed E-state index contributed by atoms with van der Waals surface area (Å²) in [6.45, 7) is 1.99. The Labute approximate surface area is 112 Å². The number of rotatable bonds is 6. The average Bonchev–Trinajstić information content (AvgIpc) is 2.33. The SMILES string of the molecule is C/C(=N\OCCC#N)c1ccc(OS(C)(=O)=O)cc1. The number of oxime groups is 1. The third-order valence-electron chi connectivity index (χ3n) is 2.03. The van der Waals surface area contributed by atoms with Crippen LogP contribution < -0.4 is 4.18 Å². The van der Waals surface area contributed by atoms with E-state index in [9.17, 15) is 8.42 Å². The second-order valence-corrected chi connectivity index (χ2v) is 5.30. The maximum Gasteiger partial charge on any atom is 0.306 e. The van der Waals surface area contributed by atoms with Crippen LogP contribution in [0.15, 0.2) is 29.4 Å². The predicted octanol–water partition coefficient (Wildman–Crippen LogP) is 1.68. The van der Waals surface area contributed by atoms with Gasteiger partial charge >= 0.3 is 10.1 Å². The quantitative estimate of drug-likeness (QED) is 0.343. The maximum absolute atomic E-state index is 10.9. The largest absolute Gasteiger partial charge is 0.394 e. The highest BCUT2D eigenvalue weighted by Gasteiger charge is 2.05. The third kappa shape index (κ3) is 5.88. The Morgan fingerprint density at radius 1 is 1.37 bits per heavy atom. The van der Waals surface area contributed by atoms with Crippen LogP contribution in [-0.4, -0.2) is 27.0 Å². The molecule has 0 saturated heterocycles. The van der Waals surface area contributed by atoms with Crippen LogP contribution in [0.25, 0.3) is 0 Å². The zero-order chi connectivity index (χ0) is 14.3. The highest BCUT2D eigenvalue weighted by molar-refractivity contribution is 7.86. The lowest BCUT2D eigenvalue weighted by Gasteiger charge is -2.04. The summed E-state index contributed by atoms with van der Waals surface area (Å²) in [5.74, 6) is 0.240. The standard InChI is InChI=1S/C12H14N2O4S/c1-10(14-17-9-3-8-13)11-4-6-12(7-5-11)18-19(2,15)16/h4-7H,3,9H2,1-2H3/b14-10+. The van der Waals surface area contributed by atoms with E-state index in [1.807, 2.05) is 6.07 Å². The lowest BCUT2D eigenvalue weighted by atomic mass is 10.1. The summed E-state index contributed by atoms with van der Waals surface area (Å²) in [6, 6.07) is 8.35. The molecule has 0 heterocycles. The van der Waals surface area contributed by atoms with Gasteiger partial charge < -0.3 is 9.02 Å². The number of nitriles is 1. The van der Waals surface area contributed by atoms with Gasteiger partial charge in [-0.1, -0.05) is 5.16 Å². The van der Waals surface area contributed by atoms with Crippen LogP contribution in [0.1, 0.15) is 18.9 Å². The van der Waals surface area contributed by atoms with E-state index in [2.05, 4.69) is 5.16 Å². The molecule has 0 N–H and O–H groups in total. The Morgan fingerprint density at radius 3 is 2.53 bits per heavy atom. The first-order valence-corrected chi connectivity index (χ1v) is 7.27. The fourth-order valence-corrected chi connectivity index (χ4v) is 1.67. The highest BCUT2D eigenvalue weighted by atomic mass is 32.2. The van der Waals surface area contributed by atoms with Crippen LogP contribution in [0.3, 0.4) is 0 Å². The molecular weight excluding hydrogens is 268 g/mol. The van der Waals surface area contributed by atoms with Crippen molar-refractivity contribution in [2.45, 2.75) is 13.3 Å². The van der Waals surface area contributed by atoms with Crippen molar-refractivity contribution in [3.05, 3.63) is 29.8 Å². The molecule has 6 nitrogen and oxygen atoms in total. The van der Waals surface area contributed by atoms with Gasteiger partial charge in [-0.2, -0.15) is 13.7 Å². The van der Waals surface area contributed by atoms with Gasteiger partial charge in [0.2, 0.25) is 0 Å². The van der Waals surface area contributed by atoms with Crippen LogP contribution >= 0.6 is 0 Å². The van der Waals surface area contributed by atoms with Gasteiger partial charge in [-0.05, 0) is 36.8 Å². The van der Waals surface area contributed by atoms with E-state index in [0.717, 1.165) is 11.8 Å². The van der Waals surface area contributed by atoms with Crippen molar-refractivity contribution in [2.75, 3.05) is 12.9 Å². The van der Waals surface area contributed by atoms with E-state index in [1.165, 1.54) is 12.1 Å². The minimum absolute atomic E-state index is 0.239. The summed E-state index contributed by atoms with van der Waals surface area (Å²) in [5, 5.41) is 12.2. The van der Waals surface area contributed by atoms with E-state index in [1.54, 1.807) is 19.1 Å². The van der Waals surface area contributed by atoms with Crippen molar-refractivity contribution >= 4 is 15.8 Å². The molecule has 1 rings (SSSR count). The summed E-state index contributed by atoms with van der Waals surface area (Å²) >= 11 is 0. The van der Waals surface area contributed by atoms with Gasteiger partial charge in [-0.15, -0.1) is 0 Å². The Hall–Kier alpha value is -2.07. The topological polar surface area (TPSA) is 88.8 Å². The van der Waals surface area contributed by atoms with Crippen molar-refractivity contribution in [2.24, 2.45) is 5.16 Å². The van der Waals surface area contributed by atoms with Crippen molar-refractivity contribution in [3.8, 4) is 11.8 Å². The first-order chi connectivity index (χ1) is 8.92. The lowest BCUT2D eigenvalue weighted by molar-refractivity contribution is 0.150. The Bertz CT molecular complexity index is 585. The summed E-state index contributed by atoms with van der Waals surface area (Å²) in [5.41, 5.74) is 1.40. The minimum Gasteiger partial charge on any atom is -0.394 e. The fourth-order valence-electron chi connectivity index (χ4n) is 1.21. The van der Waals surface area contributed by atoms with Crippen LogP contribution in [0.4, 0.5) is 0 Å². The number of nitrogens with zero attached hydrogens (tertiary/aromatic N) is 2. The van der Waals surface area contributed by atoms with Gasteiger partial charge in [0, 0.05) is 0 Å². The molecule has 102 valence electrons.